The van der Waals surface area contributed by atoms with Crippen LogP contribution in [-0.2, 0) is 6.54 Å². The topological polar surface area (TPSA) is 53.9 Å². The van der Waals surface area contributed by atoms with Crippen LogP contribution in [0.15, 0.2) is 36.7 Å². The number of thiol groups is 1. The predicted molar refractivity (Wildman–Crippen MR) is 83.2 cm³/mol. The molecular formula is C14H17N5S. The smallest absolute Gasteiger partial charge is 0.151 e. The molecule has 1 unspecified atom stereocenters. The molecule has 1 aliphatic rings. The highest BCUT2D eigenvalue weighted by Crippen LogP contribution is 2.23. The summed E-state index contributed by atoms with van der Waals surface area (Å²) >= 11 is 4.52. The quantitative estimate of drug-likeness (QED) is 0.842. The molecule has 0 saturated carbocycles. The van der Waals surface area contributed by atoms with Crippen LogP contribution in [0.2, 0.25) is 0 Å². The van der Waals surface area contributed by atoms with Crippen LogP contribution in [0.4, 0.5) is 11.5 Å². The fraction of sp³-hybridized carbons (Fsp3) is 0.357. The Labute approximate surface area is 123 Å². The van der Waals surface area contributed by atoms with Gasteiger partial charge in [0, 0.05) is 30.6 Å². The van der Waals surface area contributed by atoms with E-state index in [2.05, 4.69) is 38.0 Å². The van der Waals surface area contributed by atoms with Gasteiger partial charge in [-0.05, 0) is 18.6 Å². The highest BCUT2D eigenvalue weighted by atomic mass is 32.1. The van der Waals surface area contributed by atoms with Crippen LogP contribution in [0, 0.1) is 0 Å². The number of hydrogen-bond acceptors (Lipinski definition) is 6. The van der Waals surface area contributed by atoms with Gasteiger partial charge in [0.05, 0.1) is 24.1 Å². The van der Waals surface area contributed by atoms with Gasteiger partial charge in [-0.25, -0.2) is 0 Å². The maximum Gasteiger partial charge on any atom is 0.151 e. The molecule has 0 aromatic carbocycles. The summed E-state index contributed by atoms with van der Waals surface area (Å²) < 4.78 is 0. The molecule has 104 valence electrons. The third-order valence-electron chi connectivity index (χ3n) is 3.35. The second kappa shape index (κ2) is 6.09. The van der Waals surface area contributed by atoms with E-state index in [9.17, 15) is 0 Å². The summed E-state index contributed by atoms with van der Waals surface area (Å²) in [5.41, 5.74) is 2.08. The lowest BCUT2D eigenvalue weighted by atomic mass is 10.3. The lowest BCUT2D eigenvalue weighted by Crippen LogP contribution is -2.20. The Hall–Kier alpha value is -1.82. The van der Waals surface area contributed by atoms with E-state index in [4.69, 9.17) is 0 Å². The molecule has 3 rings (SSSR count). The molecular weight excluding hydrogens is 270 g/mol. The first-order valence-electron chi connectivity index (χ1n) is 6.71. The van der Waals surface area contributed by atoms with Crippen molar-refractivity contribution < 1.29 is 0 Å². The molecule has 0 amide bonds. The van der Waals surface area contributed by atoms with Gasteiger partial charge in [-0.1, -0.05) is 6.07 Å². The number of rotatable bonds is 4. The van der Waals surface area contributed by atoms with Gasteiger partial charge >= 0.3 is 0 Å². The van der Waals surface area contributed by atoms with E-state index in [0.29, 0.717) is 11.8 Å². The fourth-order valence-electron chi connectivity index (χ4n) is 2.28. The van der Waals surface area contributed by atoms with Gasteiger partial charge in [0.1, 0.15) is 0 Å². The van der Waals surface area contributed by atoms with Crippen LogP contribution in [0.5, 0.6) is 0 Å². The lowest BCUT2D eigenvalue weighted by molar-refractivity contribution is 0.928. The predicted octanol–water partition coefficient (Wildman–Crippen LogP) is 1.99. The molecule has 1 N–H and O–H groups in total. The summed E-state index contributed by atoms with van der Waals surface area (Å²) in [7, 11) is 0. The molecule has 1 fully saturated rings. The number of aromatic nitrogens is 3. The first-order chi connectivity index (χ1) is 9.81. The van der Waals surface area contributed by atoms with Crippen molar-refractivity contribution in [2.24, 2.45) is 0 Å². The lowest BCUT2D eigenvalue weighted by Gasteiger charge is -2.17. The van der Waals surface area contributed by atoms with E-state index in [1.165, 1.54) is 0 Å². The van der Waals surface area contributed by atoms with Crippen molar-refractivity contribution >= 4 is 24.1 Å². The molecule has 0 aliphatic carbocycles. The minimum atomic E-state index is 0.452. The zero-order valence-electron chi connectivity index (χ0n) is 11.1. The molecule has 0 bridgehead atoms. The van der Waals surface area contributed by atoms with Gasteiger partial charge in [0.25, 0.3) is 0 Å². The average Bonchev–Trinajstić information content (AvgIpc) is 2.93. The summed E-state index contributed by atoms with van der Waals surface area (Å²) in [5, 5.41) is 11.9. The van der Waals surface area contributed by atoms with Gasteiger partial charge in [0.2, 0.25) is 0 Å². The van der Waals surface area contributed by atoms with Gasteiger partial charge in [0.15, 0.2) is 5.82 Å². The molecule has 5 nitrogen and oxygen atoms in total. The molecule has 0 spiro atoms. The van der Waals surface area contributed by atoms with Crippen molar-refractivity contribution in [1.29, 1.82) is 0 Å². The Bertz CT molecular complexity index is 563. The zero-order chi connectivity index (χ0) is 13.8. The standard InChI is InChI=1S/C14H17N5S/c20-13-4-6-19(10-13)12-7-14(18-17-9-12)16-8-11-3-1-2-5-15-11/h1-3,5,7,9,13,20H,4,6,8,10H2,(H,16,18). The minimum absolute atomic E-state index is 0.452. The maximum atomic E-state index is 4.52. The van der Waals surface area contributed by atoms with Crippen molar-refractivity contribution in [3.05, 3.63) is 42.4 Å². The second-order valence-corrected chi connectivity index (χ2v) is 5.59. The molecule has 3 heterocycles. The molecule has 1 aliphatic heterocycles. The summed E-state index contributed by atoms with van der Waals surface area (Å²) in [4.78, 5) is 6.56. The number of anilines is 2. The number of hydrogen-bond donors (Lipinski definition) is 2. The van der Waals surface area contributed by atoms with Gasteiger partial charge in [-0.15, -0.1) is 5.10 Å². The van der Waals surface area contributed by atoms with Crippen molar-refractivity contribution in [3.63, 3.8) is 0 Å². The molecule has 6 heteroatoms. The first-order valence-corrected chi connectivity index (χ1v) is 7.22. The third-order valence-corrected chi connectivity index (χ3v) is 3.77. The molecule has 1 saturated heterocycles. The zero-order valence-corrected chi connectivity index (χ0v) is 12.0. The first kappa shape index (κ1) is 13.2. The molecule has 1 atom stereocenters. The van der Waals surface area contributed by atoms with Gasteiger partial charge < -0.3 is 10.2 Å². The van der Waals surface area contributed by atoms with Crippen molar-refractivity contribution in [2.75, 3.05) is 23.3 Å². The summed E-state index contributed by atoms with van der Waals surface area (Å²) in [6, 6.07) is 7.90. The molecule has 20 heavy (non-hydrogen) atoms. The van der Waals surface area contributed by atoms with Gasteiger partial charge in [-0.3, -0.25) is 4.98 Å². The summed E-state index contributed by atoms with van der Waals surface area (Å²) in [6.45, 7) is 2.64. The highest BCUT2D eigenvalue weighted by molar-refractivity contribution is 7.81. The van der Waals surface area contributed by atoms with Crippen LogP contribution in [0.25, 0.3) is 0 Å². The fourth-order valence-corrected chi connectivity index (χ4v) is 2.59. The normalized spacial score (nSPS) is 18.2. The Morgan fingerprint density at radius 3 is 3.10 bits per heavy atom. The number of nitrogens with zero attached hydrogens (tertiary/aromatic N) is 4. The average molecular weight is 287 g/mol. The summed E-state index contributed by atoms with van der Waals surface area (Å²) in [6.07, 6.45) is 4.70. The van der Waals surface area contributed by atoms with E-state index in [1.54, 1.807) is 12.4 Å². The monoisotopic (exact) mass is 287 g/mol. The Morgan fingerprint density at radius 2 is 2.35 bits per heavy atom. The molecule has 2 aromatic heterocycles. The van der Waals surface area contributed by atoms with Crippen LogP contribution in [-0.4, -0.2) is 33.5 Å². The molecule has 2 aromatic rings. The van der Waals surface area contributed by atoms with E-state index in [-0.39, 0.29) is 0 Å². The van der Waals surface area contributed by atoms with E-state index in [0.717, 1.165) is 36.7 Å². The third kappa shape index (κ3) is 3.19. The van der Waals surface area contributed by atoms with Gasteiger partial charge in [-0.2, -0.15) is 17.7 Å². The van der Waals surface area contributed by atoms with Crippen LogP contribution in [0.3, 0.4) is 0 Å². The van der Waals surface area contributed by atoms with Crippen LogP contribution >= 0.6 is 12.6 Å². The molecule has 0 radical (unpaired) electrons. The van der Waals surface area contributed by atoms with E-state index in [1.807, 2.05) is 24.3 Å². The van der Waals surface area contributed by atoms with E-state index < -0.39 is 0 Å². The van der Waals surface area contributed by atoms with Crippen molar-refractivity contribution in [1.82, 2.24) is 15.2 Å². The summed E-state index contributed by atoms with van der Waals surface area (Å²) in [5.74, 6) is 0.774. The Morgan fingerprint density at radius 1 is 1.40 bits per heavy atom. The maximum absolute atomic E-state index is 4.52. The van der Waals surface area contributed by atoms with Crippen LogP contribution < -0.4 is 10.2 Å². The number of nitrogens with one attached hydrogen (secondary N) is 1. The van der Waals surface area contributed by atoms with Crippen LogP contribution in [0.1, 0.15) is 12.1 Å². The largest absolute Gasteiger partial charge is 0.369 e. The van der Waals surface area contributed by atoms with E-state index >= 15 is 0 Å². The second-order valence-electron chi connectivity index (χ2n) is 4.86. The SMILES string of the molecule is SC1CCN(c2cnnc(NCc3ccccn3)c2)C1. The number of pyridine rings is 1. The highest BCUT2D eigenvalue weighted by Gasteiger charge is 2.20. The minimum Gasteiger partial charge on any atom is -0.369 e. The Kier molecular flexibility index (Phi) is 4.01. The Balaban J connectivity index is 1.65. The van der Waals surface area contributed by atoms with Crippen molar-refractivity contribution in [2.45, 2.75) is 18.2 Å². The van der Waals surface area contributed by atoms with Crippen molar-refractivity contribution in [3.8, 4) is 0 Å².